The Morgan fingerprint density at radius 2 is 1.76 bits per heavy atom. The molecule has 0 atom stereocenters. The molecular weight excluding hydrogens is 426 g/mol. The largest absolute Gasteiger partial charge is 0.497 e. The molecule has 0 aliphatic carbocycles. The fourth-order valence-corrected chi connectivity index (χ4v) is 3.92. The van der Waals surface area contributed by atoms with Gasteiger partial charge in [0.05, 0.1) is 7.11 Å². The summed E-state index contributed by atoms with van der Waals surface area (Å²) in [4.78, 5) is 14.8. The smallest absolute Gasteiger partial charge is 0.250 e. The number of methoxy groups -OCH3 is 1. The number of hydrogen-bond donors (Lipinski definition) is 0. The summed E-state index contributed by atoms with van der Waals surface area (Å²) in [6.45, 7) is 1.36. The molecule has 3 aromatic carbocycles. The van der Waals surface area contributed by atoms with E-state index in [1.54, 1.807) is 7.11 Å². The van der Waals surface area contributed by atoms with E-state index in [0.29, 0.717) is 6.54 Å². The number of benzene rings is 3. The lowest BCUT2D eigenvalue weighted by molar-refractivity contribution is -0.125. The molecule has 0 aromatic heterocycles. The molecule has 3 nitrogen and oxygen atoms in total. The SMILES string of the molecule is COc1ccc(CN2CC/C(=C\c3cc(-c4ccccc4)ccc3Br)C2=O)cc1. The van der Waals surface area contributed by atoms with Crippen molar-refractivity contribution in [1.82, 2.24) is 4.90 Å². The van der Waals surface area contributed by atoms with E-state index >= 15 is 0 Å². The zero-order valence-corrected chi connectivity index (χ0v) is 17.9. The number of carbonyl (C=O) groups excluding carboxylic acids is 1. The monoisotopic (exact) mass is 447 g/mol. The van der Waals surface area contributed by atoms with Crippen LogP contribution in [0.15, 0.2) is 82.8 Å². The standard InChI is InChI=1S/C25H22BrNO2/c1-29-23-10-7-18(8-11-23)17-27-14-13-21(25(27)28)16-22-15-20(9-12-24(22)26)19-5-3-2-4-6-19/h2-12,15-16H,13-14,17H2,1H3/b21-16+. The lowest BCUT2D eigenvalue weighted by Crippen LogP contribution is -2.24. The molecule has 0 N–H and O–H groups in total. The first-order valence-corrected chi connectivity index (χ1v) is 10.4. The molecule has 0 saturated carbocycles. The number of amides is 1. The number of hydrogen-bond acceptors (Lipinski definition) is 2. The molecule has 3 aromatic rings. The van der Waals surface area contributed by atoms with Crippen LogP contribution in [0.2, 0.25) is 0 Å². The average molecular weight is 448 g/mol. The summed E-state index contributed by atoms with van der Waals surface area (Å²) >= 11 is 3.63. The van der Waals surface area contributed by atoms with Crippen LogP contribution in [0.5, 0.6) is 5.75 Å². The Balaban J connectivity index is 1.53. The van der Waals surface area contributed by atoms with Crippen LogP contribution in [-0.2, 0) is 11.3 Å². The zero-order valence-electron chi connectivity index (χ0n) is 16.3. The highest BCUT2D eigenvalue weighted by Crippen LogP contribution is 2.29. The second-order valence-electron chi connectivity index (χ2n) is 7.10. The number of rotatable bonds is 5. The zero-order chi connectivity index (χ0) is 20.2. The highest BCUT2D eigenvalue weighted by atomic mass is 79.9. The van der Waals surface area contributed by atoms with Gasteiger partial charge in [-0.1, -0.05) is 64.5 Å². The van der Waals surface area contributed by atoms with Crippen molar-refractivity contribution >= 4 is 27.9 Å². The van der Waals surface area contributed by atoms with E-state index in [1.165, 1.54) is 5.56 Å². The van der Waals surface area contributed by atoms with Crippen LogP contribution >= 0.6 is 15.9 Å². The fraction of sp³-hybridized carbons (Fsp3) is 0.160. The quantitative estimate of drug-likeness (QED) is 0.452. The Morgan fingerprint density at radius 3 is 2.48 bits per heavy atom. The minimum absolute atomic E-state index is 0.109. The first-order chi connectivity index (χ1) is 14.1. The molecule has 1 fully saturated rings. The molecule has 0 spiro atoms. The van der Waals surface area contributed by atoms with E-state index in [2.05, 4.69) is 40.2 Å². The molecule has 1 saturated heterocycles. The van der Waals surface area contributed by atoms with Crippen molar-refractivity contribution in [3.8, 4) is 16.9 Å². The van der Waals surface area contributed by atoms with Crippen molar-refractivity contribution in [2.75, 3.05) is 13.7 Å². The Hall–Kier alpha value is -2.85. The number of ether oxygens (including phenoxy) is 1. The van der Waals surface area contributed by atoms with Gasteiger partial charge in [-0.05, 0) is 59.0 Å². The summed E-state index contributed by atoms with van der Waals surface area (Å²) in [6.07, 6.45) is 2.78. The predicted octanol–water partition coefficient (Wildman–Crippen LogP) is 5.94. The van der Waals surface area contributed by atoms with Gasteiger partial charge in [-0.25, -0.2) is 0 Å². The number of likely N-dealkylation sites (tertiary alicyclic amines) is 1. The minimum Gasteiger partial charge on any atom is -0.497 e. The van der Waals surface area contributed by atoms with E-state index in [-0.39, 0.29) is 5.91 Å². The van der Waals surface area contributed by atoms with Crippen molar-refractivity contribution in [2.45, 2.75) is 13.0 Å². The highest BCUT2D eigenvalue weighted by Gasteiger charge is 2.26. The van der Waals surface area contributed by atoms with Gasteiger partial charge in [0.1, 0.15) is 5.75 Å². The fourth-order valence-electron chi connectivity index (χ4n) is 3.56. The van der Waals surface area contributed by atoms with Crippen LogP contribution in [0.4, 0.5) is 0 Å². The second kappa shape index (κ2) is 8.66. The van der Waals surface area contributed by atoms with Gasteiger partial charge in [0.25, 0.3) is 0 Å². The molecule has 1 amide bonds. The summed E-state index contributed by atoms with van der Waals surface area (Å²) in [5.74, 6) is 0.933. The van der Waals surface area contributed by atoms with Crippen LogP contribution in [0, 0.1) is 0 Å². The van der Waals surface area contributed by atoms with Crippen LogP contribution in [0.1, 0.15) is 17.5 Å². The molecular formula is C25H22BrNO2. The van der Waals surface area contributed by atoms with Crippen LogP contribution in [0.3, 0.4) is 0 Å². The van der Waals surface area contributed by atoms with Crippen LogP contribution in [-0.4, -0.2) is 24.5 Å². The Bertz CT molecular complexity index is 1040. The topological polar surface area (TPSA) is 29.5 Å². The van der Waals surface area contributed by atoms with Crippen molar-refractivity contribution in [3.63, 3.8) is 0 Å². The second-order valence-corrected chi connectivity index (χ2v) is 7.95. The number of carbonyl (C=O) groups is 1. The van der Waals surface area contributed by atoms with E-state index in [4.69, 9.17) is 4.74 Å². The van der Waals surface area contributed by atoms with Crippen molar-refractivity contribution in [3.05, 3.63) is 94.0 Å². The summed E-state index contributed by atoms with van der Waals surface area (Å²) in [7, 11) is 1.65. The lowest BCUT2D eigenvalue weighted by Gasteiger charge is -2.15. The normalized spacial score (nSPS) is 15.2. The Morgan fingerprint density at radius 1 is 1.00 bits per heavy atom. The highest BCUT2D eigenvalue weighted by molar-refractivity contribution is 9.10. The summed E-state index contributed by atoms with van der Waals surface area (Å²) in [5.41, 5.74) is 5.29. The number of nitrogens with zero attached hydrogens (tertiary/aromatic N) is 1. The molecule has 1 aliphatic heterocycles. The molecule has 0 radical (unpaired) electrons. The molecule has 4 heteroatoms. The van der Waals surface area contributed by atoms with E-state index in [0.717, 1.165) is 45.5 Å². The molecule has 0 bridgehead atoms. The molecule has 29 heavy (non-hydrogen) atoms. The maximum Gasteiger partial charge on any atom is 0.250 e. The van der Waals surface area contributed by atoms with Gasteiger partial charge >= 0.3 is 0 Å². The van der Waals surface area contributed by atoms with Gasteiger partial charge in [0.2, 0.25) is 5.91 Å². The van der Waals surface area contributed by atoms with E-state index in [1.807, 2.05) is 59.5 Å². The van der Waals surface area contributed by atoms with E-state index < -0.39 is 0 Å². The van der Waals surface area contributed by atoms with E-state index in [9.17, 15) is 4.79 Å². The van der Waals surface area contributed by atoms with Gasteiger partial charge < -0.3 is 9.64 Å². The maximum atomic E-state index is 12.9. The van der Waals surface area contributed by atoms with Gasteiger partial charge in [0, 0.05) is 23.1 Å². The molecule has 1 heterocycles. The third kappa shape index (κ3) is 4.43. The van der Waals surface area contributed by atoms with Crippen molar-refractivity contribution in [2.24, 2.45) is 0 Å². The van der Waals surface area contributed by atoms with Gasteiger partial charge in [-0.2, -0.15) is 0 Å². The maximum absolute atomic E-state index is 12.9. The predicted molar refractivity (Wildman–Crippen MR) is 121 cm³/mol. The first-order valence-electron chi connectivity index (χ1n) is 9.62. The van der Waals surface area contributed by atoms with Gasteiger partial charge in [0.15, 0.2) is 0 Å². The third-order valence-electron chi connectivity index (χ3n) is 5.18. The molecule has 0 unspecified atom stereocenters. The van der Waals surface area contributed by atoms with Crippen LogP contribution in [0.25, 0.3) is 17.2 Å². The summed E-state index contributed by atoms with van der Waals surface area (Å²) < 4.78 is 6.19. The molecule has 4 rings (SSSR count). The first kappa shape index (κ1) is 19.5. The number of halogens is 1. The van der Waals surface area contributed by atoms with Gasteiger partial charge in [-0.15, -0.1) is 0 Å². The lowest BCUT2D eigenvalue weighted by atomic mass is 10.0. The van der Waals surface area contributed by atoms with Crippen molar-refractivity contribution in [1.29, 1.82) is 0 Å². The molecule has 1 aliphatic rings. The third-order valence-corrected chi connectivity index (χ3v) is 5.90. The van der Waals surface area contributed by atoms with Crippen molar-refractivity contribution < 1.29 is 9.53 Å². The summed E-state index contributed by atoms with van der Waals surface area (Å²) in [6, 6.07) is 24.4. The Labute approximate surface area is 179 Å². The average Bonchev–Trinajstić information content (AvgIpc) is 3.10. The molecule has 146 valence electrons. The summed E-state index contributed by atoms with van der Waals surface area (Å²) in [5, 5.41) is 0. The minimum atomic E-state index is 0.109. The van der Waals surface area contributed by atoms with Gasteiger partial charge in [-0.3, -0.25) is 4.79 Å². The Kier molecular flexibility index (Phi) is 5.81. The van der Waals surface area contributed by atoms with Crippen LogP contribution < -0.4 is 4.74 Å².